The molecule has 2 aliphatic rings. The Morgan fingerprint density at radius 3 is 2.78 bits per heavy atom. The van der Waals surface area contributed by atoms with Gasteiger partial charge in [0.25, 0.3) is 6.02 Å². The lowest BCUT2D eigenvalue weighted by molar-refractivity contribution is 0.0318. The van der Waals surface area contributed by atoms with Gasteiger partial charge in [0.05, 0.1) is 35.1 Å². The van der Waals surface area contributed by atoms with Gasteiger partial charge in [0.1, 0.15) is 5.60 Å². The third-order valence-electron chi connectivity index (χ3n) is 4.77. The monoisotopic (exact) mass is 385 g/mol. The van der Waals surface area contributed by atoms with Crippen molar-refractivity contribution >= 4 is 15.9 Å². The van der Waals surface area contributed by atoms with Gasteiger partial charge in [0.2, 0.25) is 0 Å². The van der Waals surface area contributed by atoms with Crippen molar-refractivity contribution in [3.05, 3.63) is 42.0 Å². The average Bonchev–Trinajstić information content (AvgIpc) is 3.03. The Labute approximate surface area is 157 Å². The number of sulfone groups is 1. The first kappa shape index (κ1) is 17.5. The molecule has 8 nitrogen and oxygen atoms in total. The normalized spacial score (nSPS) is 24.9. The van der Waals surface area contributed by atoms with Crippen LogP contribution >= 0.6 is 0 Å². The summed E-state index contributed by atoms with van der Waals surface area (Å²) in [6.07, 6.45) is 7.37. The van der Waals surface area contributed by atoms with Crippen LogP contribution in [-0.2, 0) is 20.1 Å². The zero-order valence-electron chi connectivity index (χ0n) is 15.0. The molecule has 0 bridgehead atoms. The largest absolute Gasteiger partial charge is 0.457 e. The van der Waals surface area contributed by atoms with Gasteiger partial charge in [-0.25, -0.2) is 18.1 Å². The van der Waals surface area contributed by atoms with Gasteiger partial charge in [-0.2, -0.15) is 5.10 Å². The van der Waals surface area contributed by atoms with E-state index in [0.29, 0.717) is 6.42 Å². The second-order valence-corrected chi connectivity index (χ2v) is 9.26. The van der Waals surface area contributed by atoms with E-state index in [4.69, 9.17) is 10.5 Å². The van der Waals surface area contributed by atoms with Crippen LogP contribution in [0.5, 0.6) is 0 Å². The standard InChI is InChI=1S/C18H19N5O3S/c1-3-4-13-5-15(8-20-6-13)23-9-14(7-21-23)17(2)10-18(26-16(19)22-17)11-27(24,25)12-18/h5-9H,10-12H2,1-2H3,(H2,19,22). The zero-order chi connectivity index (χ0) is 19.3. The Bertz CT molecular complexity index is 1100. The van der Waals surface area contributed by atoms with Gasteiger partial charge < -0.3 is 10.5 Å². The molecule has 1 unspecified atom stereocenters. The summed E-state index contributed by atoms with van der Waals surface area (Å²) in [5, 5.41) is 4.41. The van der Waals surface area contributed by atoms with Crippen LogP contribution < -0.4 is 5.73 Å². The third-order valence-corrected chi connectivity index (χ3v) is 6.70. The van der Waals surface area contributed by atoms with E-state index in [0.717, 1.165) is 16.8 Å². The fraction of sp³-hybridized carbons (Fsp3) is 0.389. The maximum Gasteiger partial charge on any atom is 0.283 e. The highest BCUT2D eigenvalue weighted by atomic mass is 32.2. The molecule has 1 saturated heterocycles. The minimum absolute atomic E-state index is 0.00767. The van der Waals surface area contributed by atoms with Crippen molar-refractivity contribution in [1.29, 1.82) is 0 Å². The van der Waals surface area contributed by atoms with Crippen LogP contribution in [0.15, 0.2) is 35.8 Å². The number of amidine groups is 1. The fourth-order valence-corrected chi connectivity index (χ4v) is 5.63. The van der Waals surface area contributed by atoms with Crippen LogP contribution in [0.1, 0.15) is 31.4 Å². The van der Waals surface area contributed by atoms with Gasteiger partial charge in [-0.3, -0.25) is 4.98 Å². The van der Waals surface area contributed by atoms with Crippen molar-refractivity contribution in [1.82, 2.24) is 14.8 Å². The molecule has 4 rings (SSSR count). The number of nitrogens with two attached hydrogens (primary N) is 1. The summed E-state index contributed by atoms with van der Waals surface area (Å²) in [5.74, 6) is 5.73. The molecule has 2 N–H and O–H groups in total. The molecule has 0 amide bonds. The maximum absolute atomic E-state index is 11.7. The first-order valence-electron chi connectivity index (χ1n) is 8.41. The number of aliphatic imine (C=N–C) groups is 1. The van der Waals surface area contributed by atoms with Crippen molar-refractivity contribution in [2.75, 3.05) is 11.5 Å². The molecule has 9 heteroatoms. The van der Waals surface area contributed by atoms with E-state index in [-0.39, 0.29) is 17.5 Å². The molecule has 2 aromatic rings. The molecule has 2 aliphatic heterocycles. The molecule has 0 radical (unpaired) electrons. The Hall–Kier alpha value is -2.86. The molecule has 0 saturated carbocycles. The van der Waals surface area contributed by atoms with Crippen molar-refractivity contribution in [3.63, 3.8) is 0 Å². The van der Waals surface area contributed by atoms with Gasteiger partial charge in [-0.15, -0.1) is 5.92 Å². The molecule has 27 heavy (non-hydrogen) atoms. The van der Waals surface area contributed by atoms with Crippen LogP contribution in [-0.4, -0.2) is 46.3 Å². The van der Waals surface area contributed by atoms with Crippen molar-refractivity contribution < 1.29 is 13.2 Å². The van der Waals surface area contributed by atoms with Crippen molar-refractivity contribution in [3.8, 4) is 17.5 Å². The first-order valence-corrected chi connectivity index (χ1v) is 10.2. The molecule has 0 aromatic carbocycles. The second kappa shape index (κ2) is 5.82. The van der Waals surface area contributed by atoms with Gasteiger partial charge in [0.15, 0.2) is 9.84 Å². The summed E-state index contributed by atoms with van der Waals surface area (Å²) in [6, 6.07) is 1.90. The van der Waals surface area contributed by atoms with E-state index in [9.17, 15) is 8.42 Å². The number of aromatic nitrogens is 3. The predicted molar refractivity (Wildman–Crippen MR) is 100.0 cm³/mol. The highest BCUT2D eigenvalue weighted by molar-refractivity contribution is 7.93. The lowest BCUT2D eigenvalue weighted by Gasteiger charge is -2.47. The van der Waals surface area contributed by atoms with E-state index in [1.165, 1.54) is 0 Å². The Balaban J connectivity index is 1.67. The Kier molecular flexibility index (Phi) is 3.78. The number of hydrogen-bond donors (Lipinski definition) is 1. The summed E-state index contributed by atoms with van der Waals surface area (Å²) in [4.78, 5) is 8.64. The lowest BCUT2D eigenvalue weighted by Crippen LogP contribution is -2.62. The minimum Gasteiger partial charge on any atom is -0.457 e. The van der Waals surface area contributed by atoms with E-state index < -0.39 is 21.0 Å². The Morgan fingerprint density at radius 1 is 1.30 bits per heavy atom. The van der Waals surface area contributed by atoms with Gasteiger partial charge in [-0.1, -0.05) is 5.92 Å². The zero-order valence-corrected chi connectivity index (χ0v) is 15.8. The number of ether oxygens (including phenoxy) is 1. The quantitative estimate of drug-likeness (QED) is 0.764. The topological polar surface area (TPSA) is 112 Å². The molecule has 1 spiro atoms. The smallest absolute Gasteiger partial charge is 0.283 e. The summed E-state index contributed by atoms with van der Waals surface area (Å²) in [7, 11) is -3.07. The summed E-state index contributed by atoms with van der Waals surface area (Å²) in [5.41, 5.74) is 6.74. The fourth-order valence-electron chi connectivity index (χ4n) is 3.79. The molecule has 140 valence electrons. The molecular formula is C18H19N5O3S. The first-order chi connectivity index (χ1) is 12.7. The number of rotatable bonds is 2. The molecule has 2 aromatic heterocycles. The maximum atomic E-state index is 11.7. The summed E-state index contributed by atoms with van der Waals surface area (Å²) < 4.78 is 30.7. The van der Waals surface area contributed by atoms with E-state index in [2.05, 4.69) is 26.9 Å². The van der Waals surface area contributed by atoms with Crippen molar-refractivity contribution in [2.24, 2.45) is 10.7 Å². The molecule has 1 fully saturated rings. The third kappa shape index (κ3) is 3.17. The van der Waals surface area contributed by atoms with Gasteiger partial charge in [0, 0.05) is 29.9 Å². The number of nitrogens with zero attached hydrogens (tertiary/aromatic N) is 4. The highest BCUT2D eigenvalue weighted by Crippen LogP contribution is 2.44. The number of hydrogen-bond acceptors (Lipinski definition) is 7. The van der Waals surface area contributed by atoms with Crippen LogP contribution in [0.25, 0.3) is 5.69 Å². The van der Waals surface area contributed by atoms with Crippen LogP contribution in [0, 0.1) is 11.8 Å². The molecule has 4 heterocycles. The van der Waals surface area contributed by atoms with E-state index in [1.807, 2.05) is 19.2 Å². The van der Waals surface area contributed by atoms with Crippen molar-refractivity contribution in [2.45, 2.75) is 31.4 Å². The lowest BCUT2D eigenvalue weighted by atomic mass is 9.82. The number of pyridine rings is 1. The Morgan fingerprint density at radius 2 is 2.07 bits per heavy atom. The van der Waals surface area contributed by atoms with Crippen LogP contribution in [0.3, 0.4) is 0 Å². The minimum atomic E-state index is -3.07. The van der Waals surface area contributed by atoms with Crippen LogP contribution in [0.4, 0.5) is 0 Å². The summed E-state index contributed by atoms with van der Waals surface area (Å²) >= 11 is 0. The highest BCUT2D eigenvalue weighted by Gasteiger charge is 2.57. The van der Waals surface area contributed by atoms with Gasteiger partial charge in [-0.05, 0) is 19.9 Å². The molecule has 0 aliphatic carbocycles. The van der Waals surface area contributed by atoms with E-state index >= 15 is 0 Å². The predicted octanol–water partition coefficient (Wildman–Crippen LogP) is 0.756. The van der Waals surface area contributed by atoms with Gasteiger partial charge >= 0.3 is 0 Å². The average molecular weight is 385 g/mol. The van der Waals surface area contributed by atoms with Crippen LogP contribution in [0.2, 0.25) is 0 Å². The molecule has 1 atom stereocenters. The molecular weight excluding hydrogens is 366 g/mol. The summed E-state index contributed by atoms with van der Waals surface area (Å²) in [6.45, 7) is 3.68. The SMILES string of the molecule is CC#Cc1cncc(-n2cc(C3(C)CC4(CS(=O)(=O)C4)OC(N)=N3)cn2)c1. The second-order valence-electron chi connectivity index (χ2n) is 7.20. The van der Waals surface area contributed by atoms with E-state index in [1.54, 1.807) is 30.2 Å².